The van der Waals surface area contributed by atoms with Crippen molar-refractivity contribution in [2.45, 2.75) is 0 Å². The summed E-state index contributed by atoms with van der Waals surface area (Å²) >= 11 is 0. The molecule has 0 aliphatic heterocycles. The molecule has 2 N–H and O–H groups in total. The second-order valence-corrected chi connectivity index (χ2v) is 7.32. The predicted octanol–water partition coefficient (Wildman–Crippen LogP) is 5.51. The van der Waals surface area contributed by atoms with Gasteiger partial charge in [-0.1, -0.05) is 24.3 Å². The van der Waals surface area contributed by atoms with E-state index in [1.807, 2.05) is 24.3 Å². The minimum absolute atomic E-state index is 0.185. The lowest BCUT2D eigenvalue weighted by molar-refractivity contribution is 0.628. The van der Waals surface area contributed by atoms with Crippen molar-refractivity contribution in [3.05, 3.63) is 84.8 Å². The summed E-state index contributed by atoms with van der Waals surface area (Å²) in [6, 6.07) is 15.4. The van der Waals surface area contributed by atoms with Crippen molar-refractivity contribution in [3.8, 4) is 33.9 Å². The Balaban J connectivity index is 1.55. The van der Waals surface area contributed by atoms with Crippen molar-refractivity contribution < 1.29 is 8.78 Å². The van der Waals surface area contributed by atoms with Gasteiger partial charge in [-0.05, 0) is 35.9 Å². The smallest absolute Gasteiger partial charge is 0.161 e. The summed E-state index contributed by atoms with van der Waals surface area (Å²) in [4.78, 5) is 16.2. The lowest BCUT2D eigenvalue weighted by atomic mass is 10.0. The van der Waals surface area contributed by atoms with Crippen LogP contribution in [0.3, 0.4) is 0 Å². The lowest BCUT2D eigenvalue weighted by Gasteiger charge is -2.03. The van der Waals surface area contributed by atoms with Crippen LogP contribution >= 0.6 is 0 Å². The van der Waals surface area contributed by atoms with Crippen LogP contribution < -0.4 is 0 Å². The number of hydrogen-bond donors (Lipinski definition) is 2. The van der Waals surface area contributed by atoms with Crippen molar-refractivity contribution in [3.63, 3.8) is 0 Å². The van der Waals surface area contributed by atoms with Crippen molar-refractivity contribution in [1.29, 1.82) is 0 Å². The zero-order chi connectivity index (χ0) is 21.7. The van der Waals surface area contributed by atoms with Gasteiger partial charge in [0.1, 0.15) is 17.2 Å². The van der Waals surface area contributed by atoms with Crippen LogP contribution in [-0.4, -0.2) is 30.1 Å². The van der Waals surface area contributed by atoms with E-state index in [0.29, 0.717) is 33.7 Å². The number of imidazole rings is 1. The van der Waals surface area contributed by atoms with Crippen LogP contribution in [0.25, 0.3) is 55.8 Å². The highest BCUT2D eigenvalue weighted by Crippen LogP contribution is 2.34. The molecule has 0 aliphatic rings. The van der Waals surface area contributed by atoms with Crippen LogP contribution in [0.2, 0.25) is 0 Å². The zero-order valence-electron chi connectivity index (χ0n) is 16.5. The summed E-state index contributed by atoms with van der Waals surface area (Å²) in [5.74, 6) is -0.437. The van der Waals surface area contributed by atoms with Gasteiger partial charge in [0.25, 0.3) is 0 Å². The second kappa shape index (κ2) is 7.05. The maximum atomic E-state index is 15.5. The third-order valence-corrected chi connectivity index (χ3v) is 5.35. The highest BCUT2D eigenvalue weighted by molar-refractivity contribution is 5.98. The number of hydrogen-bond acceptors (Lipinski definition) is 4. The molecule has 0 spiro atoms. The molecule has 0 saturated carbocycles. The second-order valence-electron chi connectivity index (χ2n) is 7.32. The van der Waals surface area contributed by atoms with E-state index < -0.39 is 5.82 Å². The lowest BCUT2D eigenvalue weighted by Crippen LogP contribution is -1.92. The molecule has 0 atom stereocenters. The largest absolute Gasteiger partial charge is 0.337 e. The maximum absolute atomic E-state index is 15.5. The molecule has 0 fully saturated rings. The molecular formula is C24H14F2N6. The van der Waals surface area contributed by atoms with Crippen LogP contribution in [-0.2, 0) is 0 Å². The third-order valence-electron chi connectivity index (χ3n) is 5.35. The minimum Gasteiger partial charge on any atom is -0.337 e. The Kier molecular flexibility index (Phi) is 4.04. The fourth-order valence-electron chi connectivity index (χ4n) is 3.88. The molecule has 6 aromatic rings. The fraction of sp³-hybridized carbons (Fsp3) is 0. The molecule has 2 aromatic carbocycles. The van der Waals surface area contributed by atoms with Gasteiger partial charge in [-0.2, -0.15) is 5.10 Å². The zero-order valence-corrected chi connectivity index (χ0v) is 16.5. The number of pyridine rings is 2. The molecule has 6 rings (SSSR count). The Bertz CT molecular complexity index is 1600. The number of para-hydroxylation sites is 1. The summed E-state index contributed by atoms with van der Waals surface area (Å²) < 4.78 is 29.3. The molecule has 4 heterocycles. The first-order valence-corrected chi connectivity index (χ1v) is 9.87. The first-order valence-electron chi connectivity index (χ1n) is 9.87. The molecule has 0 radical (unpaired) electrons. The SMILES string of the molecule is Fc1cccc(-c2cccc3[nH]c(-c4n[nH]c5cnc(-c6cccnc6)c(F)c45)nc23)c1. The van der Waals surface area contributed by atoms with Crippen LogP contribution in [0, 0.1) is 11.6 Å². The first-order chi connectivity index (χ1) is 15.7. The highest BCUT2D eigenvalue weighted by atomic mass is 19.1. The number of fused-ring (bicyclic) bond motifs is 2. The van der Waals surface area contributed by atoms with E-state index >= 15 is 4.39 Å². The molecule has 0 amide bonds. The molecule has 0 unspecified atom stereocenters. The summed E-state index contributed by atoms with van der Waals surface area (Å²) in [5, 5.41) is 7.41. The monoisotopic (exact) mass is 424 g/mol. The number of H-pyrrole nitrogens is 2. The number of aromatic nitrogens is 6. The number of aromatic amines is 2. The molecule has 0 aliphatic carbocycles. The van der Waals surface area contributed by atoms with Gasteiger partial charge in [0.2, 0.25) is 0 Å². The van der Waals surface area contributed by atoms with E-state index in [0.717, 1.165) is 11.1 Å². The first kappa shape index (κ1) is 18.3. The molecule has 4 aromatic heterocycles. The van der Waals surface area contributed by atoms with Gasteiger partial charge in [-0.3, -0.25) is 15.1 Å². The standard InChI is InChI=1S/C24H14F2N6/c25-15-6-1-4-13(10-15)16-7-2-8-17-22(16)30-24(29-17)23-19-18(31-32-23)12-28-21(20(19)26)14-5-3-9-27-11-14/h1-12H,(H,29,30)(H,31,32). The Morgan fingerprint density at radius 3 is 2.53 bits per heavy atom. The van der Waals surface area contributed by atoms with E-state index in [1.165, 1.54) is 18.3 Å². The minimum atomic E-state index is -0.509. The average Bonchev–Trinajstić information content (AvgIpc) is 3.44. The Morgan fingerprint density at radius 2 is 1.69 bits per heavy atom. The topological polar surface area (TPSA) is 83.1 Å². The molecular weight excluding hydrogens is 410 g/mol. The Morgan fingerprint density at radius 1 is 0.812 bits per heavy atom. The molecule has 32 heavy (non-hydrogen) atoms. The van der Waals surface area contributed by atoms with Crippen molar-refractivity contribution in [2.75, 3.05) is 0 Å². The summed E-state index contributed by atoms with van der Waals surface area (Å²) in [6.07, 6.45) is 4.72. The number of nitrogens with zero attached hydrogens (tertiary/aromatic N) is 4. The summed E-state index contributed by atoms with van der Waals surface area (Å²) in [5.41, 5.74) is 4.40. The fourth-order valence-corrected chi connectivity index (χ4v) is 3.88. The van der Waals surface area contributed by atoms with Crippen molar-refractivity contribution >= 4 is 21.9 Å². The Hall–Kier alpha value is -4.46. The van der Waals surface area contributed by atoms with Crippen LogP contribution in [0.5, 0.6) is 0 Å². The molecule has 0 saturated heterocycles. The van der Waals surface area contributed by atoms with E-state index in [2.05, 4.69) is 25.1 Å². The van der Waals surface area contributed by atoms with Gasteiger partial charge < -0.3 is 4.98 Å². The maximum Gasteiger partial charge on any atom is 0.161 e. The van der Waals surface area contributed by atoms with Crippen LogP contribution in [0.4, 0.5) is 8.78 Å². The van der Waals surface area contributed by atoms with Gasteiger partial charge in [-0.25, -0.2) is 13.8 Å². The Labute approximate surface area is 180 Å². The molecule has 154 valence electrons. The van der Waals surface area contributed by atoms with Crippen molar-refractivity contribution in [2.24, 2.45) is 0 Å². The van der Waals surface area contributed by atoms with Crippen LogP contribution in [0.15, 0.2) is 73.2 Å². The number of rotatable bonds is 3. The third kappa shape index (κ3) is 2.84. The summed E-state index contributed by atoms with van der Waals surface area (Å²) in [7, 11) is 0. The normalized spacial score (nSPS) is 11.4. The van der Waals surface area contributed by atoms with Crippen molar-refractivity contribution in [1.82, 2.24) is 30.1 Å². The predicted molar refractivity (Wildman–Crippen MR) is 118 cm³/mol. The van der Waals surface area contributed by atoms with E-state index in [-0.39, 0.29) is 16.9 Å². The van der Waals surface area contributed by atoms with E-state index in [4.69, 9.17) is 4.98 Å². The van der Waals surface area contributed by atoms with Gasteiger partial charge in [0, 0.05) is 23.5 Å². The van der Waals surface area contributed by atoms with Gasteiger partial charge >= 0.3 is 0 Å². The molecule has 8 heteroatoms. The average molecular weight is 424 g/mol. The molecule has 0 bridgehead atoms. The van der Waals surface area contributed by atoms with E-state index in [9.17, 15) is 4.39 Å². The summed E-state index contributed by atoms with van der Waals surface area (Å²) in [6.45, 7) is 0. The number of benzene rings is 2. The van der Waals surface area contributed by atoms with Gasteiger partial charge in [-0.15, -0.1) is 0 Å². The number of halogens is 2. The molecule has 6 nitrogen and oxygen atoms in total. The number of nitrogens with one attached hydrogen (secondary N) is 2. The van der Waals surface area contributed by atoms with Crippen LogP contribution in [0.1, 0.15) is 0 Å². The highest BCUT2D eigenvalue weighted by Gasteiger charge is 2.21. The van der Waals surface area contributed by atoms with Gasteiger partial charge in [0.05, 0.1) is 28.1 Å². The van der Waals surface area contributed by atoms with Gasteiger partial charge in [0.15, 0.2) is 11.6 Å². The quantitative estimate of drug-likeness (QED) is 0.393. The van der Waals surface area contributed by atoms with E-state index in [1.54, 1.807) is 30.6 Å².